The highest BCUT2D eigenvalue weighted by Crippen LogP contribution is 2.44. The van der Waals surface area contributed by atoms with Gasteiger partial charge in [-0.05, 0) is 31.9 Å². The van der Waals surface area contributed by atoms with Crippen LogP contribution in [0.1, 0.15) is 44.4 Å². The Morgan fingerprint density at radius 2 is 1.52 bits per heavy atom. The van der Waals surface area contributed by atoms with Crippen molar-refractivity contribution < 1.29 is 29.0 Å². The molecule has 2 aromatic carbocycles. The average molecular weight is 397 g/mol. The van der Waals surface area contributed by atoms with Crippen LogP contribution in [0.25, 0.3) is 11.1 Å². The summed E-state index contributed by atoms with van der Waals surface area (Å²) in [6.45, 7) is 5.03. The third kappa shape index (κ3) is 4.74. The topological polar surface area (TPSA) is 102 Å². The Labute approximate surface area is 168 Å². The van der Waals surface area contributed by atoms with Gasteiger partial charge in [0.15, 0.2) is 6.10 Å². The van der Waals surface area contributed by atoms with Gasteiger partial charge in [0.05, 0.1) is 6.42 Å². The highest BCUT2D eigenvalue weighted by molar-refractivity contribution is 5.86. The van der Waals surface area contributed by atoms with Crippen LogP contribution in [0.4, 0.5) is 4.79 Å². The first-order chi connectivity index (χ1) is 13.7. The van der Waals surface area contributed by atoms with E-state index in [1.807, 2.05) is 48.5 Å². The second kappa shape index (κ2) is 7.95. The van der Waals surface area contributed by atoms with Crippen molar-refractivity contribution in [2.45, 2.75) is 44.9 Å². The van der Waals surface area contributed by atoms with Crippen LogP contribution in [-0.2, 0) is 19.1 Å². The molecule has 0 spiro atoms. The molecule has 1 aliphatic rings. The summed E-state index contributed by atoms with van der Waals surface area (Å²) in [6, 6.07) is 13.7. The van der Waals surface area contributed by atoms with Crippen molar-refractivity contribution in [3.63, 3.8) is 0 Å². The van der Waals surface area contributed by atoms with E-state index in [2.05, 4.69) is 5.32 Å². The van der Waals surface area contributed by atoms with Crippen molar-refractivity contribution in [2.75, 3.05) is 0 Å². The van der Waals surface area contributed by atoms with Gasteiger partial charge in [-0.25, -0.2) is 9.59 Å². The van der Waals surface area contributed by atoms with E-state index in [0.717, 1.165) is 22.3 Å². The lowest BCUT2D eigenvalue weighted by molar-refractivity contribution is -0.158. The average Bonchev–Trinajstić information content (AvgIpc) is 2.94. The van der Waals surface area contributed by atoms with E-state index >= 15 is 0 Å². The lowest BCUT2D eigenvalue weighted by Gasteiger charge is -2.22. The number of carboxylic acid groups (broad SMARTS) is 1. The van der Waals surface area contributed by atoms with Crippen LogP contribution in [0, 0.1) is 0 Å². The van der Waals surface area contributed by atoms with E-state index < -0.39 is 42.2 Å². The van der Waals surface area contributed by atoms with Crippen molar-refractivity contribution >= 4 is 18.0 Å². The van der Waals surface area contributed by atoms with Crippen molar-refractivity contribution in [2.24, 2.45) is 0 Å². The number of fused-ring (bicyclic) bond motifs is 3. The Morgan fingerprint density at radius 3 is 2.00 bits per heavy atom. The Morgan fingerprint density at radius 1 is 1.00 bits per heavy atom. The van der Waals surface area contributed by atoms with E-state index in [1.54, 1.807) is 20.8 Å². The number of alkyl carbamates (subject to hydrolysis) is 1. The normalized spacial score (nSPS) is 13.8. The zero-order valence-corrected chi connectivity index (χ0v) is 16.5. The fourth-order valence-corrected chi connectivity index (χ4v) is 3.27. The maximum absolute atomic E-state index is 12.5. The van der Waals surface area contributed by atoms with Crippen LogP contribution in [0.3, 0.4) is 0 Å². The van der Waals surface area contributed by atoms with Gasteiger partial charge >= 0.3 is 18.0 Å². The number of rotatable bonds is 5. The SMILES string of the molecule is CC(C)(C)OC(=O)C[C@H](NC(=O)OC1c2ccccc2-c2ccccc21)C(=O)O. The molecule has 0 aliphatic heterocycles. The monoisotopic (exact) mass is 397 g/mol. The van der Waals surface area contributed by atoms with E-state index in [-0.39, 0.29) is 0 Å². The number of carboxylic acids is 1. The molecule has 152 valence electrons. The number of carbonyl (C=O) groups excluding carboxylic acids is 2. The first-order valence-corrected chi connectivity index (χ1v) is 9.26. The molecule has 0 unspecified atom stereocenters. The molecule has 1 aliphatic carbocycles. The molecule has 1 atom stereocenters. The van der Waals surface area contributed by atoms with Gasteiger partial charge in [0.1, 0.15) is 11.6 Å². The van der Waals surface area contributed by atoms with Gasteiger partial charge in [-0.1, -0.05) is 48.5 Å². The van der Waals surface area contributed by atoms with E-state index in [0.29, 0.717) is 0 Å². The molecule has 0 aromatic heterocycles. The van der Waals surface area contributed by atoms with Crippen molar-refractivity contribution in [1.29, 1.82) is 0 Å². The molecule has 0 saturated heterocycles. The Bertz CT molecular complexity index is 901. The summed E-state index contributed by atoms with van der Waals surface area (Å²) in [5, 5.41) is 11.6. The summed E-state index contributed by atoms with van der Waals surface area (Å²) >= 11 is 0. The predicted octanol–water partition coefficient (Wildman–Crippen LogP) is 3.67. The van der Waals surface area contributed by atoms with Gasteiger partial charge in [-0.3, -0.25) is 4.79 Å². The fourth-order valence-electron chi connectivity index (χ4n) is 3.27. The minimum atomic E-state index is -1.45. The third-order valence-electron chi connectivity index (χ3n) is 4.38. The minimum Gasteiger partial charge on any atom is -0.480 e. The number of ether oxygens (including phenoxy) is 2. The molecule has 3 rings (SSSR count). The number of esters is 1. The molecule has 0 heterocycles. The van der Waals surface area contributed by atoms with Crippen molar-refractivity contribution in [3.05, 3.63) is 59.7 Å². The second-order valence-electron chi connectivity index (χ2n) is 7.79. The van der Waals surface area contributed by atoms with Gasteiger partial charge in [0.25, 0.3) is 0 Å². The van der Waals surface area contributed by atoms with Crippen molar-refractivity contribution in [1.82, 2.24) is 5.32 Å². The Balaban J connectivity index is 1.72. The van der Waals surface area contributed by atoms with Crippen LogP contribution in [-0.4, -0.2) is 34.8 Å². The van der Waals surface area contributed by atoms with E-state index in [9.17, 15) is 19.5 Å². The quantitative estimate of drug-likeness (QED) is 0.747. The molecule has 29 heavy (non-hydrogen) atoms. The molecule has 2 aromatic rings. The smallest absolute Gasteiger partial charge is 0.408 e. The number of nitrogens with one attached hydrogen (secondary N) is 1. The van der Waals surface area contributed by atoms with E-state index in [4.69, 9.17) is 9.47 Å². The zero-order valence-electron chi connectivity index (χ0n) is 16.5. The lowest BCUT2D eigenvalue weighted by Crippen LogP contribution is -2.43. The highest BCUT2D eigenvalue weighted by atomic mass is 16.6. The summed E-state index contributed by atoms with van der Waals surface area (Å²) in [5.41, 5.74) is 2.82. The number of hydrogen-bond donors (Lipinski definition) is 2. The van der Waals surface area contributed by atoms with Gasteiger partial charge in [-0.15, -0.1) is 0 Å². The third-order valence-corrected chi connectivity index (χ3v) is 4.38. The Kier molecular flexibility index (Phi) is 5.59. The zero-order chi connectivity index (χ0) is 21.2. The van der Waals surface area contributed by atoms with Crippen LogP contribution in [0.5, 0.6) is 0 Å². The van der Waals surface area contributed by atoms with Crippen molar-refractivity contribution in [3.8, 4) is 11.1 Å². The first kappa shape index (κ1) is 20.4. The molecule has 0 fully saturated rings. The summed E-state index contributed by atoms with van der Waals surface area (Å²) in [6.07, 6.45) is -2.07. The second-order valence-corrected chi connectivity index (χ2v) is 7.79. The maximum atomic E-state index is 12.5. The first-order valence-electron chi connectivity index (χ1n) is 9.26. The summed E-state index contributed by atoms with van der Waals surface area (Å²) in [4.78, 5) is 35.9. The molecule has 2 N–H and O–H groups in total. The molecule has 0 saturated carbocycles. The lowest BCUT2D eigenvalue weighted by atomic mass is 10.1. The van der Waals surface area contributed by atoms with Crippen LogP contribution < -0.4 is 5.32 Å². The number of benzene rings is 2. The Hall–Kier alpha value is -3.35. The van der Waals surface area contributed by atoms with Crippen LogP contribution in [0.2, 0.25) is 0 Å². The predicted molar refractivity (Wildman–Crippen MR) is 105 cm³/mol. The highest BCUT2D eigenvalue weighted by Gasteiger charge is 2.33. The molecule has 7 heteroatoms. The minimum absolute atomic E-state index is 0.500. The summed E-state index contributed by atoms with van der Waals surface area (Å²) in [5.74, 6) is -2.07. The van der Waals surface area contributed by atoms with Gasteiger partial charge in [-0.2, -0.15) is 0 Å². The van der Waals surface area contributed by atoms with Gasteiger partial charge < -0.3 is 19.9 Å². The maximum Gasteiger partial charge on any atom is 0.408 e. The number of carbonyl (C=O) groups is 3. The van der Waals surface area contributed by atoms with Gasteiger partial charge in [0, 0.05) is 11.1 Å². The van der Waals surface area contributed by atoms with Crippen LogP contribution >= 0.6 is 0 Å². The van der Waals surface area contributed by atoms with E-state index in [1.165, 1.54) is 0 Å². The molecule has 0 radical (unpaired) electrons. The summed E-state index contributed by atoms with van der Waals surface area (Å²) < 4.78 is 10.7. The largest absolute Gasteiger partial charge is 0.480 e. The molecule has 1 amide bonds. The van der Waals surface area contributed by atoms with Crippen LogP contribution in [0.15, 0.2) is 48.5 Å². The number of hydrogen-bond acceptors (Lipinski definition) is 5. The standard InChI is InChI=1S/C22H23NO6/c1-22(2,3)29-18(24)12-17(20(25)26)23-21(27)28-19-15-10-6-4-8-13(15)14-9-5-7-11-16(14)19/h4-11,17,19H,12H2,1-3H3,(H,23,27)(H,25,26)/t17-/m0/s1. The summed E-state index contributed by atoms with van der Waals surface area (Å²) in [7, 11) is 0. The molecular weight excluding hydrogens is 374 g/mol. The molecule has 0 bridgehead atoms. The number of aliphatic carboxylic acids is 1. The fraction of sp³-hybridized carbons (Fsp3) is 0.318. The van der Waals surface area contributed by atoms with Gasteiger partial charge in [0.2, 0.25) is 0 Å². The molecule has 7 nitrogen and oxygen atoms in total. The number of amides is 1. The molecular formula is C22H23NO6.